The van der Waals surface area contributed by atoms with E-state index in [0.29, 0.717) is 29.8 Å². The van der Waals surface area contributed by atoms with Crippen LogP contribution in [0.15, 0.2) is 77.9 Å². The van der Waals surface area contributed by atoms with Crippen molar-refractivity contribution in [3.05, 3.63) is 99.2 Å². The first-order valence-electron chi connectivity index (χ1n) is 14.4. The summed E-state index contributed by atoms with van der Waals surface area (Å²) in [6, 6.07) is 21.7. The molecule has 2 aliphatic rings. The molecule has 0 amide bonds. The van der Waals surface area contributed by atoms with Crippen molar-refractivity contribution in [3.8, 4) is 11.4 Å². The van der Waals surface area contributed by atoms with E-state index in [2.05, 4.69) is 39.2 Å². The number of hydrogen-bond donors (Lipinski definition) is 0. The third-order valence-electron chi connectivity index (χ3n) is 7.64. The van der Waals surface area contributed by atoms with Gasteiger partial charge in [-0.25, -0.2) is 14.0 Å². The summed E-state index contributed by atoms with van der Waals surface area (Å²) in [6.07, 6.45) is 2.49. The molecule has 0 radical (unpaired) electrons. The second-order valence-corrected chi connectivity index (χ2v) is 11.3. The van der Waals surface area contributed by atoms with Crippen LogP contribution >= 0.6 is 23.2 Å². The van der Waals surface area contributed by atoms with Gasteiger partial charge in [0.1, 0.15) is 12.1 Å². The lowest BCUT2D eigenvalue weighted by Crippen LogP contribution is -2.46. The zero-order chi connectivity index (χ0) is 30.4. The standard InChI is InChI=1S/C22H27N5O2.C10H10Cl2O2/c1-3-12-27-22(28)26(17-23-27)20-6-4-18(5-7-20)24-13-15-25(16-14-24)19-8-10-21(29-2)11-9-19;1-10(13-4-5-14-10)8-3-2-7(11)6-9(8)12/h4-11,17H,3,12-16H2,1-2H3;2-3,6H,4-5H2,1H3. The first-order chi connectivity index (χ1) is 20.8. The van der Waals surface area contributed by atoms with Gasteiger partial charge in [0.2, 0.25) is 0 Å². The normalized spacial score (nSPS) is 16.1. The van der Waals surface area contributed by atoms with Crippen LogP contribution in [0.3, 0.4) is 0 Å². The summed E-state index contributed by atoms with van der Waals surface area (Å²) < 4.78 is 19.3. The van der Waals surface area contributed by atoms with Crippen LogP contribution in [0.5, 0.6) is 5.75 Å². The van der Waals surface area contributed by atoms with Crippen molar-refractivity contribution in [1.29, 1.82) is 0 Å². The number of nitrogens with zero attached hydrogens (tertiary/aromatic N) is 5. The topological polar surface area (TPSA) is 74.0 Å². The summed E-state index contributed by atoms with van der Waals surface area (Å²) in [6.45, 7) is 9.57. The van der Waals surface area contributed by atoms with Crippen molar-refractivity contribution in [2.45, 2.75) is 32.6 Å². The molecule has 2 saturated heterocycles. The first kappa shape index (κ1) is 30.9. The molecule has 228 valence electrons. The Hall–Kier alpha value is -3.50. The molecule has 11 heteroatoms. The van der Waals surface area contributed by atoms with Crippen LogP contribution in [0.1, 0.15) is 25.8 Å². The molecule has 3 aromatic carbocycles. The Morgan fingerprint density at radius 1 is 0.860 bits per heavy atom. The Morgan fingerprint density at radius 2 is 1.42 bits per heavy atom. The second kappa shape index (κ2) is 13.9. The maximum atomic E-state index is 12.4. The fraction of sp³-hybridized carbons (Fsp3) is 0.375. The minimum Gasteiger partial charge on any atom is -0.497 e. The molecule has 1 aromatic heterocycles. The third-order valence-corrected chi connectivity index (χ3v) is 8.19. The van der Waals surface area contributed by atoms with Crippen molar-refractivity contribution in [3.63, 3.8) is 0 Å². The molecule has 2 aliphatic heterocycles. The summed E-state index contributed by atoms with van der Waals surface area (Å²) in [5, 5.41) is 5.37. The second-order valence-electron chi connectivity index (χ2n) is 10.5. The summed E-state index contributed by atoms with van der Waals surface area (Å²) >= 11 is 11.9. The highest BCUT2D eigenvalue weighted by Gasteiger charge is 2.34. The van der Waals surface area contributed by atoms with Gasteiger partial charge in [0.15, 0.2) is 5.79 Å². The number of rotatable bonds is 7. The quantitative estimate of drug-likeness (QED) is 0.250. The minimum atomic E-state index is -0.721. The molecule has 0 aliphatic carbocycles. The summed E-state index contributed by atoms with van der Waals surface area (Å²) in [5.41, 5.74) is 3.98. The van der Waals surface area contributed by atoms with Gasteiger partial charge < -0.3 is 24.0 Å². The van der Waals surface area contributed by atoms with E-state index in [1.807, 2.05) is 44.2 Å². The van der Waals surface area contributed by atoms with Gasteiger partial charge in [-0.1, -0.05) is 36.2 Å². The van der Waals surface area contributed by atoms with Crippen molar-refractivity contribution >= 4 is 34.6 Å². The molecule has 4 aromatic rings. The van der Waals surface area contributed by atoms with E-state index in [9.17, 15) is 4.79 Å². The number of anilines is 2. The molecule has 3 heterocycles. The molecule has 9 nitrogen and oxygen atoms in total. The lowest BCUT2D eigenvalue weighted by Gasteiger charge is -2.37. The van der Waals surface area contributed by atoms with Crippen LogP contribution in [-0.4, -0.2) is 60.9 Å². The van der Waals surface area contributed by atoms with E-state index in [1.54, 1.807) is 30.1 Å². The van der Waals surface area contributed by atoms with Crippen LogP contribution in [0.4, 0.5) is 11.4 Å². The Morgan fingerprint density at radius 3 is 1.95 bits per heavy atom. The van der Waals surface area contributed by atoms with Gasteiger partial charge in [-0.3, -0.25) is 0 Å². The maximum absolute atomic E-state index is 12.4. The van der Waals surface area contributed by atoms with Gasteiger partial charge in [0.05, 0.1) is 31.0 Å². The number of halogens is 2. The van der Waals surface area contributed by atoms with Gasteiger partial charge >= 0.3 is 5.69 Å². The van der Waals surface area contributed by atoms with Gasteiger partial charge in [-0.05, 0) is 74.0 Å². The first-order valence-corrected chi connectivity index (χ1v) is 15.2. The molecule has 0 unspecified atom stereocenters. The molecular formula is C32H37Cl2N5O4. The number of hydrogen-bond acceptors (Lipinski definition) is 7. The largest absolute Gasteiger partial charge is 0.497 e. The van der Waals surface area contributed by atoms with Crippen LogP contribution < -0.4 is 20.2 Å². The number of ether oxygens (including phenoxy) is 3. The van der Waals surface area contributed by atoms with E-state index < -0.39 is 5.79 Å². The van der Waals surface area contributed by atoms with Crippen LogP contribution in [0, 0.1) is 0 Å². The van der Waals surface area contributed by atoms with E-state index in [-0.39, 0.29) is 5.69 Å². The lowest BCUT2D eigenvalue weighted by molar-refractivity contribution is -0.149. The predicted molar refractivity (Wildman–Crippen MR) is 171 cm³/mol. The molecular weight excluding hydrogens is 589 g/mol. The van der Waals surface area contributed by atoms with Crippen LogP contribution in [0.25, 0.3) is 5.69 Å². The third kappa shape index (κ3) is 7.18. The fourth-order valence-electron chi connectivity index (χ4n) is 5.25. The van der Waals surface area contributed by atoms with E-state index >= 15 is 0 Å². The van der Waals surface area contributed by atoms with E-state index in [0.717, 1.165) is 49.6 Å². The molecule has 0 bridgehead atoms. The predicted octanol–water partition coefficient (Wildman–Crippen LogP) is 5.99. The fourth-order valence-corrected chi connectivity index (χ4v) is 5.83. The van der Waals surface area contributed by atoms with Crippen molar-refractivity contribution in [2.24, 2.45) is 0 Å². The van der Waals surface area contributed by atoms with E-state index in [4.69, 9.17) is 37.4 Å². The number of methoxy groups -OCH3 is 1. The summed E-state index contributed by atoms with van der Waals surface area (Å²) in [5.74, 6) is 0.161. The van der Waals surface area contributed by atoms with Crippen molar-refractivity contribution < 1.29 is 14.2 Å². The molecule has 43 heavy (non-hydrogen) atoms. The zero-order valence-corrected chi connectivity index (χ0v) is 26.2. The summed E-state index contributed by atoms with van der Waals surface area (Å²) in [4.78, 5) is 17.2. The molecule has 6 rings (SSSR count). The monoisotopic (exact) mass is 625 g/mol. The molecule has 0 N–H and O–H groups in total. The van der Waals surface area contributed by atoms with Gasteiger partial charge in [-0.15, -0.1) is 0 Å². The van der Waals surface area contributed by atoms with Gasteiger partial charge in [0, 0.05) is 54.7 Å². The molecule has 0 spiro atoms. The Labute approximate surface area is 262 Å². The SMILES string of the molecule is CC1(c2ccc(Cl)cc2Cl)OCCO1.CCCn1ncn(-c2ccc(N3CCN(c4ccc(OC)cc4)CC3)cc2)c1=O. The van der Waals surface area contributed by atoms with E-state index in [1.165, 1.54) is 16.1 Å². The smallest absolute Gasteiger partial charge is 0.350 e. The van der Waals surface area contributed by atoms with Crippen LogP contribution in [-0.2, 0) is 21.8 Å². The number of aromatic nitrogens is 3. The van der Waals surface area contributed by atoms with Crippen LogP contribution in [0.2, 0.25) is 10.0 Å². The summed E-state index contributed by atoms with van der Waals surface area (Å²) in [7, 11) is 1.69. The lowest BCUT2D eigenvalue weighted by atomic mass is 10.1. The molecule has 0 atom stereocenters. The maximum Gasteiger partial charge on any atom is 0.350 e. The Balaban J connectivity index is 0.000000220. The van der Waals surface area contributed by atoms with Gasteiger partial charge in [0.25, 0.3) is 0 Å². The average molecular weight is 627 g/mol. The molecule has 0 saturated carbocycles. The zero-order valence-electron chi connectivity index (χ0n) is 24.7. The number of aryl methyl sites for hydroxylation is 1. The Kier molecular flexibility index (Phi) is 9.97. The van der Waals surface area contributed by atoms with Crippen molar-refractivity contribution in [2.75, 3.05) is 56.3 Å². The Bertz CT molecular complexity index is 1540. The molecule has 2 fully saturated rings. The van der Waals surface area contributed by atoms with Crippen molar-refractivity contribution in [1.82, 2.24) is 14.3 Å². The number of piperazine rings is 1. The highest BCUT2D eigenvalue weighted by atomic mass is 35.5. The highest BCUT2D eigenvalue weighted by Crippen LogP contribution is 2.36. The average Bonchev–Trinajstić information content (AvgIpc) is 3.63. The number of benzene rings is 3. The minimum absolute atomic E-state index is 0.0901. The van der Waals surface area contributed by atoms with Gasteiger partial charge in [-0.2, -0.15) is 5.10 Å². The highest BCUT2D eigenvalue weighted by molar-refractivity contribution is 6.35.